The second-order valence-corrected chi connectivity index (χ2v) is 7.97. The van der Waals surface area contributed by atoms with Gasteiger partial charge in [-0.2, -0.15) is 0 Å². The number of hydrogen-bond acceptors (Lipinski definition) is 5. The van der Waals surface area contributed by atoms with Crippen molar-refractivity contribution in [1.82, 2.24) is 34.6 Å². The zero-order chi connectivity index (χ0) is 20.8. The van der Waals surface area contributed by atoms with Crippen LogP contribution in [-0.2, 0) is 11.2 Å². The molecule has 2 aromatic rings. The van der Waals surface area contributed by atoms with E-state index < -0.39 is 0 Å². The number of amides is 1. The smallest absolute Gasteiger partial charge is 0.236 e. The molecule has 1 amide bonds. The number of aliphatic imine (C=N–C) groups is 1. The number of rotatable bonds is 6. The Bertz CT molecular complexity index is 865. The lowest BCUT2D eigenvalue weighted by molar-refractivity contribution is -0.131. The molecule has 2 aliphatic heterocycles. The molecular weight excluding hydrogens is 380 g/mol. The summed E-state index contributed by atoms with van der Waals surface area (Å²) in [5, 5.41) is 12.0. The number of aryl methyl sites for hydroxylation is 1. The molecule has 162 valence electrons. The van der Waals surface area contributed by atoms with Gasteiger partial charge in [-0.25, -0.2) is 0 Å². The van der Waals surface area contributed by atoms with Gasteiger partial charge in [0.05, 0.1) is 6.54 Å². The third-order valence-electron chi connectivity index (χ3n) is 5.95. The maximum absolute atomic E-state index is 12.4. The fourth-order valence-corrected chi connectivity index (χ4v) is 4.22. The number of fused-ring (bicyclic) bond motifs is 1. The van der Waals surface area contributed by atoms with Gasteiger partial charge in [-0.15, -0.1) is 10.2 Å². The van der Waals surface area contributed by atoms with Gasteiger partial charge in [0.2, 0.25) is 5.91 Å². The fraction of sp³-hybridized carbons (Fsp3) is 0.619. The lowest BCUT2D eigenvalue weighted by atomic mass is 10.3. The normalized spacial score (nSPS) is 18.4. The van der Waals surface area contributed by atoms with Crippen LogP contribution in [0, 0.1) is 0 Å². The zero-order valence-corrected chi connectivity index (χ0v) is 17.8. The van der Waals surface area contributed by atoms with Crippen LogP contribution in [0.4, 0.5) is 0 Å². The number of nitrogens with zero attached hydrogens (tertiary/aromatic N) is 7. The van der Waals surface area contributed by atoms with E-state index in [1.165, 1.54) is 0 Å². The van der Waals surface area contributed by atoms with Crippen LogP contribution < -0.4 is 5.32 Å². The van der Waals surface area contributed by atoms with Crippen LogP contribution in [0.25, 0.3) is 5.65 Å². The Kier molecular flexibility index (Phi) is 6.78. The second kappa shape index (κ2) is 9.88. The number of piperazine rings is 1. The minimum Gasteiger partial charge on any atom is -0.356 e. The molecule has 0 aromatic carbocycles. The Morgan fingerprint density at radius 3 is 2.63 bits per heavy atom. The highest BCUT2D eigenvalue weighted by Gasteiger charge is 2.24. The molecule has 30 heavy (non-hydrogen) atoms. The first-order chi connectivity index (χ1) is 14.7. The summed E-state index contributed by atoms with van der Waals surface area (Å²) < 4.78 is 2.04. The molecule has 0 bridgehead atoms. The van der Waals surface area contributed by atoms with Gasteiger partial charge in [0.1, 0.15) is 5.82 Å². The van der Waals surface area contributed by atoms with Crippen LogP contribution in [0.15, 0.2) is 29.4 Å². The number of nitrogens with one attached hydrogen (secondary N) is 1. The van der Waals surface area contributed by atoms with Gasteiger partial charge in [-0.3, -0.25) is 19.1 Å². The molecule has 0 atom stereocenters. The molecule has 2 aromatic heterocycles. The highest BCUT2D eigenvalue weighted by Crippen LogP contribution is 2.10. The average Bonchev–Trinajstić information content (AvgIpc) is 3.45. The first-order valence-electron chi connectivity index (χ1n) is 11.0. The number of carbonyl (C=O) groups excluding carboxylic acids is 1. The summed E-state index contributed by atoms with van der Waals surface area (Å²) in [6.07, 6.45) is 6.12. The van der Waals surface area contributed by atoms with Crippen LogP contribution in [0.1, 0.15) is 25.1 Å². The first-order valence-corrected chi connectivity index (χ1v) is 11.0. The molecule has 0 spiro atoms. The van der Waals surface area contributed by atoms with E-state index in [0.29, 0.717) is 6.54 Å². The molecule has 0 saturated carbocycles. The van der Waals surface area contributed by atoms with E-state index in [2.05, 4.69) is 30.3 Å². The lowest BCUT2D eigenvalue weighted by Crippen LogP contribution is -2.54. The highest BCUT2D eigenvalue weighted by molar-refractivity contribution is 5.80. The van der Waals surface area contributed by atoms with E-state index >= 15 is 0 Å². The molecule has 2 aliphatic rings. The number of guanidine groups is 1. The zero-order valence-electron chi connectivity index (χ0n) is 17.8. The minimum absolute atomic E-state index is 0.282. The summed E-state index contributed by atoms with van der Waals surface area (Å²) in [4.78, 5) is 23.4. The molecule has 1 N–H and O–H groups in total. The third kappa shape index (κ3) is 4.89. The Morgan fingerprint density at radius 1 is 1.07 bits per heavy atom. The average molecular weight is 413 g/mol. The Labute approximate surface area is 177 Å². The summed E-state index contributed by atoms with van der Waals surface area (Å²) in [7, 11) is 1.83. The number of likely N-dealkylation sites (tertiary alicyclic amines) is 1. The molecule has 4 heterocycles. The standard InChI is InChI=1S/C21H32N8O/c1-22-21(23-9-6-8-19-25-24-18-7-2-3-12-29(18)19)28-15-13-26(14-16-28)17-20(30)27-10-4-5-11-27/h2-3,7,12H,4-6,8-11,13-17H2,1H3,(H,22,23). The second-order valence-electron chi connectivity index (χ2n) is 7.97. The minimum atomic E-state index is 0.282. The largest absolute Gasteiger partial charge is 0.356 e. The molecule has 0 radical (unpaired) electrons. The first kappa shape index (κ1) is 20.6. The Morgan fingerprint density at radius 2 is 1.87 bits per heavy atom. The van der Waals surface area contributed by atoms with Crippen molar-refractivity contribution in [1.29, 1.82) is 0 Å². The van der Waals surface area contributed by atoms with Crippen molar-refractivity contribution in [2.24, 2.45) is 4.99 Å². The SMILES string of the molecule is CN=C(NCCCc1nnc2ccccn12)N1CCN(CC(=O)N2CCCC2)CC1. The van der Waals surface area contributed by atoms with E-state index in [9.17, 15) is 4.79 Å². The molecule has 0 unspecified atom stereocenters. The topological polar surface area (TPSA) is 81.4 Å². The lowest BCUT2D eigenvalue weighted by Gasteiger charge is -2.36. The molecule has 4 rings (SSSR count). The van der Waals surface area contributed by atoms with Crippen LogP contribution >= 0.6 is 0 Å². The quantitative estimate of drug-likeness (QED) is 0.422. The monoisotopic (exact) mass is 412 g/mol. The summed E-state index contributed by atoms with van der Waals surface area (Å²) >= 11 is 0. The van der Waals surface area contributed by atoms with E-state index in [0.717, 1.165) is 88.9 Å². The molecule has 9 nitrogen and oxygen atoms in total. The van der Waals surface area contributed by atoms with E-state index in [1.54, 1.807) is 0 Å². The third-order valence-corrected chi connectivity index (χ3v) is 5.95. The van der Waals surface area contributed by atoms with Gasteiger partial charge in [0.25, 0.3) is 0 Å². The van der Waals surface area contributed by atoms with Crippen molar-refractivity contribution in [2.45, 2.75) is 25.7 Å². The number of pyridine rings is 1. The van der Waals surface area contributed by atoms with E-state index in [4.69, 9.17) is 0 Å². The number of aromatic nitrogens is 3. The van der Waals surface area contributed by atoms with Gasteiger partial charge < -0.3 is 15.1 Å². The predicted molar refractivity (Wildman–Crippen MR) is 116 cm³/mol. The summed E-state index contributed by atoms with van der Waals surface area (Å²) in [6.45, 7) is 6.82. The fourth-order valence-electron chi connectivity index (χ4n) is 4.22. The van der Waals surface area contributed by atoms with Crippen LogP contribution in [0.3, 0.4) is 0 Å². The Hall–Kier alpha value is -2.68. The molecule has 0 aliphatic carbocycles. The molecule has 2 saturated heterocycles. The van der Waals surface area contributed by atoms with Crippen molar-refractivity contribution >= 4 is 17.5 Å². The van der Waals surface area contributed by atoms with Gasteiger partial charge in [0, 0.05) is 65.5 Å². The maximum Gasteiger partial charge on any atom is 0.236 e. The van der Waals surface area contributed by atoms with Crippen molar-refractivity contribution in [3.8, 4) is 0 Å². The van der Waals surface area contributed by atoms with E-state index in [-0.39, 0.29) is 5.91 Å². The summed E-state index contributed by atoms with van der Waals surface area (Å²) in [6, 6.07) is 5.94. The van der Waals surface area contributed by atoms with Crippen LogP contribution in [0.2, 0.25) is 0 Å². The number of hydrogen-bond donors (Lipinski definition) is 1. The molecule has 2 fully saturated rings. The van der Waals surface area contributed by atoms with Crippen molar-refractivity contribution in [2.75, 3.05) is 59.4 Å². The van der Waals surface area contributed by atoms with E-state index in [1.807, 2.05) is 40.7 Å². The predicted octanol–water partition coefficient (Wildman–Crippen LogP) is 0.477. The van der Waals surface area contributed by atoms with Gasteiger partial charge >= 0.3 is 0 Å². The molecule has 9 heteroatoms. The van der Waals surface area contributed by atoms with Crippen molar-refractivity contribution < 1.29 is 4.79 Å². The van der Waals surface area contributed by atoms with Gasteiger partial charge in [-0.1, -0.05) is 6.07 Å². The number of carbonyl (C=O) groups is 1. The summed E-state index contributed by atoms with van der Waals surface area (Å²) in [5.74, 6) is 2.20. The van der Waals surface area contributed by atoms with Crippen LogP contribution in [0.5, 0.6) is 0 Å². The van der Waals surface area contributed by atoms with Crippen molar-refractivity contribution in [3.63, 3.8) is 0 Å². The molecular formula is C21H32N8O. The summed E-state index contributed by atoms with van der Waals surface area (Å²) in [5.41, 5.74) is 0.886. The van der Waals surface area contributed by atoms with Crippen molar-refractivity contribution in [3.05, 3.63) is 30.2 Å². The Balaban J connectivity index is 1.18. The van der Waals surface area contributed by atoms with Crippen LogP contribution in [-0.4, -0.2) is 101 Å². The highest BCUT2D eigenvalue weighted by atomic mass is 16.2. The van der Waals surface area contributed by atoms with Gasteiger partial charge in [0.15, 0.2) is 11.6 Å². The van der Waals surface area contributed by atoms with Gasteiger partial charge in [-0.05, 0) is 31.4 Å². The maximum atomic E-state index is 12.4.